The fourth-order valence-electron chi connectivity index (χ4n) is 16.2. The number of allylic oxidation sites excluding steroid dienone is 4. The molecule has 0 amide bonds. The minimum atomic E-state index is -4.85. The van der Waals surface area contributed by atoms with E-state index in [1.165, 1.54) is 141 Å². The monoisotopic (exact) mass is 1020 g/mol. The second-order valence-electron chi connectivity index (χ2n) is 24.7. The van der Waals surface area contributed by atoms with E-state index in [9.17, 15) is 34.5 Å². The van der Waals surface area contributed by atoms with Crippen LogP contribution in [-0.2, 0) is 13.9 Å². The van der Waals surface area contributed by atoms with Gasteiger partial charge in [0.25, 0.3) is 0 Å². The van der Waals surface area contributed by atoms with Crippen LogP contribution in [0.25, 0.3) is 0 Å². The van der Waals surface area contributed by atoms with Crippen molar-refractivity contribution >= 4 is 13.8 Å². The lowest BCUT2D eigenvalue weighted by atomic mass is 9.38. The highest BCUT2D eigenvalue weighted by Gasteiger charge is 2.70. The number of unbranched alkanes of at least 4 members (excludes halogenated alkanes) is 24. The van der Waals surface area contributed by atoms with Gasteiger partial charge in [-0.1, -0.05) is 194 Å². The Morgan fingerprint density at radius 3 is 1.52 bits per heavy atom. The van der Waals surface area contributed by atoms with Crippen molar-refractivity contribution in [2.75, 3.05) is 0 Å². The van der Waals surface area contributed by atoms with Crippen LogP contribution in [0.4, 0.5) is 0 Å². The van der Waals surface area contributed by atoms with Crippen LogP contribution >= 0.6 is 7.82 Å². The normalized spacial score (nSPS) is 32.3. The van der Waals surface area contributed by atoms with Gasteiger partial charge in [0.1, 0.15) is 0 Å². The summed E-state index contributed by atoms with van der Waals surface area (Å²) < 4.78 is 19.3. The van der Waals surface area contributed by atoms with Gasteiger partial charge in [0.05, 0.1) is 17.8 Å². The van der Waals surface area contributed by atoms with Crippen LogP contribution in [-0.4, -0.2) is 48.9 Å². The molecule has 13 atom stereocenters. The zero-order chi connectivity index (χ0) is 51.8. The summed E-state index contributed by atoms with van der Waals surface area (Å²) in [5.41, 5.74) is -1.60. The van der Waals surface area contributed by atoms with Gasteiger partial charge in [-0.3, -0.25) is 9.32 Å². The molecule has 414 valence electrons. The van der Waals surface area contributed by atoms with Crippen molar-refractivity contribution < 1.29 is 39.0 Å². The lowest BCUT2D eigenvalue weighted by Gasteiger charge is -2.69. The molecular formula is C62H113O8P. The van der Waals surface area contributed by atoms with Crippen LogP contribution < -0.4 is 0 Å². The second kappa shape index (κ2) is 32.5. The molecule has 5 N–H and O–H groups in total. The number of carboxylic acid groups (broad SMARTS) is 1. The second-order valence-corrected chi connectivity index (χ2v) is 25.9. The molecule has 0 heterocycles. The molecule has 8 nitrogen and oxygen atoms in total. The Balaban J connectivity index is 1.47. The van der Waals surface area contributed by atoms with E-state index in [-0.39, 0.29) is 59.2 Å². The molecule has 0 saturated heterocycles. The smallest absolute Gasteiger partial charge is 0.470 e. The van der Waals surface area contributed by atoms with Gasteiger partial charge in [-0.25, -0.2) is 4.57 Å². The molecule has 9 heteroatoms. The summed E-state index contributed by atoms with van der Waals surface area (Å²) in [7, 11) is -4.85. The topological polar surface area (TPSA) is 145 Å². The number of phosphoric ester groups is 1. The number of hydrogen-bond donors (Lipinski definition) is 5. The third-order valence-electron chi connectivity index (χ3n) is 20.2. The number of carboxylic acids is 1. The Hall–Kier alpha value is -1.02. The van der Waals surface area contributed by atoms with Gasteiger partial charge in [0.15, 0.2) is 0 Å². The highest BCUT2D eigenvalue weighted by atomic mass is 31.2. The molecule has 0 spiro atoms. The molecule has 4 saturated carbocycles. The number of aliphatic hydroxyl groups excluding tert-OH is 2. The lowest BCUT2D eigenvalue weighted by molar-refractivity contribution is -0.249. The van der Waals surface area contributed by atoms with Gasteiger partial charge >= 0.3 is 13.8 Å². The Morgan fingerprint density at radius 1 is 0.620 bits per heavy atom. The van der Waals surface area contributed by atoms with Gasteiger partial charge in [-0.15, -0.1) is 0 Å². The Labute approximate surface area is 436 Å². The van der Waals surface area contributed by atoms with Gasteiger partial charge in [0.2, 0.25) is 0 Å². The van der Waals surface area contributed by atoms with Gasteiger partial charge in [-0.2, -0.15) is 0 Å². The molecule has 4 rings (SSSR count). The summed E-state index contributed by atoms with van der Waals surface area (Å²) >= 11 is 0. The van der Waals surface area contributed by atoms with Crippen molar-refractivity contribution in [3.05, 3.63) is 24.3 Å². The number of aliphatic hydroxyl groups is 2. The van der Waals surface area contributed by atoms with Crippen molar-refractivity contribution in [3.63, 3.8) is 0 Å². The molecular weight excluding hydrogens is 904 g/mol. The fourth-order valence-corrected chi connectivity index (χ4v) is 17.0. The molecule has 2 unspecified atom stereocenters. The Bertz CT molecular complexity index is 1560. The molecule has 4 aliphatic carbocycles. The SMILES string of the molecule is CCCCCCCCC=CCCCCCCCCC1C(CCCCCCCCC=CCCCCCCCC)[C@@]2(C)[C@H](C[C@@H](O)[C@@H]3[C@@H]2C[C@H](O)[C@]2(C)[C@@H]([C@H](C)CCC(=O)O)CC[C@@H]32)C[C@]1(CC)OP(=O)(O)O. The molecule has 0 radical (unpaired) electrons. The molecule has 0 aliphatic heterocycles. The molecule has 0 bridgehead atoms. The van der Waals surface area contributed by atoms with Crippen molar-refractivity contribution in [3.8, 4) is 0 Å². The van der Waals surface area contributed by atoms with E-state index in [4.69, 9.17) is 4.52 Å². The first kappa shape index (κ1) is 62.5. The highest BCUT2D eigenvalue weighted by Crippen LogP contribution is 2.72. The van der Waals surface area contributed by atoms with Gasteiger partial charge in [0, 0.05) is 6.42 Å². The minimum Gasteiger partial charge on any atom is -0.481 e. The largest absolute Gasteiger partial charge is 0.481 e. The van der Waals surface area contributed by atoms with Crippen LogP contribution in [0, 0.1) is 58.2 Å². The predicted molar refractivity (Wildman–Crippen MR) is 296 cm³/mol. The number of carbonyl (C=O) groups is 1. The van der Waals surface area contributed by atoms with Gasteiger partial charge < -0.3 is 25.1 Å². The molecule has 71 heavy (non-hydrogen) atoms. The first-order chi connectivity index (χ1) is 34.1. The zero-order valence-corrected chi connectivity index (χ0v) is 47.8. The van der Waals surface area contributed by atoms with E-state index in [0.717, 1.165) is 64.2 Å². The summed E-state index contributed by atoms with van der Waals surface area (Å²) in [4.78, 5) is 33.0. The quantitative estimate of drug-likeness (QED) is 0.0233. The summed E-state index contributed by atoms with van der Waals surface area (Å²) in [6, 6.07) is 0. The number of phosphoric acid groups is 1. The summed E-state index contributed by atoms with van der Waals surface area (Å²) in [5.74, 6) is -0.00518. The van der Waals surface area contributed by atoms with Crippen LogP contribution in [0.3, 0.4) is 0 Å². The number of aliphatic carboxylic acids is 1. The van der Waals surface area contributed by atoms with E-state index < -0.39 is 37.0 Å². The first-order valence-corrected chi connectivity index (χ1v) is 32.3. The summed E-state index contributed by atoms with van der Waals surface area (Å²) in [5, 5.41) is 34.6. The van der Waals surface area contributed by atoms with Gasteiger partial charge in [-0.05, 0) is 167 Å². The van der Waals surface area contributed by atoms with E-state index in [1.807, 2.05) is 0 Å². The standard InChI is InChI=1S/C62H113O8P/c1-7-10-12-14-16-18-20-22-24-26-28-30-32-34-36-38-40-52-53(41-39-37-35-33-31-29-27-25-23-21-19-17-15-13-11-8-2)62(9-3,70-71(67,68)69)48-50-46-56(63)59-54-44-43-51(49(4)42-45-58(65)66)61(54,6)57(64)47-55(59)60(50,52)5/h22-25,49-57,59,63-64H,7-21,26-48H2,1-6H3,(H,65,66)(H2,67,68,69)/t49-,50-,51-,52?,53?,54+,55+,56-,57+,59+,60-,61-,62+/m1/s1. The van der Waals surface area contributed by atoms with E-state index in [1.54, 1.807) is 0 Å². The van der Waals surface area contributed by atoms with Crippen LogP contribution in [0.15, 0.2) is 24.3 Å². The van der Waals surface area contributed by atoms with Crippen LogP contribution in [0.5, 0.6) is 0 Å². The Morgan fingerprint density at radius 2 is 1.07 bits per heavy atom. The predicted octanol–water partition coefficient (Wildman–Crippen LogP) is 17.7. The fraction of sp³-hybridized carbons (Fsp3) is 0.919. The average molecular weight is 1020 g/mol. The van der Waals surface area contributed by atoms with E-state index in [0.29, 0.717) is 32.1 Å². The minimum absolute atomic E-state index is 0.0173. The number of hydrogen-bond acceptors (Lipinski definition) is 5. The maximum absolute atomic E-state index is 13.1. The number of rotatable bonds is 39. The number of fused-ring (bicyclic) bond motifs is 5. The molecule has 4 fully saturated rings. The molecule has 0 aromatic rings. The maximum atomic E-state index is 13.1. The lowest BCUT2D eigenvalue weighted by Crippen LogP contribution is -2.67. The summed E-state index contributed by atoms with van der Waals surface area (Å²) in [6.45, 7) is 13.5. The Kier molecular flexibility index (Phi) is 28.7. The molecule has 0 aromatic carbocycles. The maximum Gasteiger partial charge on any atom is 0.470 e. The highest BCUT2D eigenvalue weighted by molar-refractivity contribution is 7.46. The van der Waals surface area contributed by atoms with E-state index >= 15 is 0 Å². The zero-order valence-electron chi connectivity index (χ0n) is 46.9. The molecule has 4 aliphatic rings. The first-order valence-electron chi connectivity index (χ1n) is 30.7. The van der Waals surface area contributed by atoms with Crippen molar-refractivity contribution in [2.45, 2.75) is 303 Å². The van der Waals surface area contributed by atoms with E-state index in [2.05, 4.69) is 65.8 Å². The molecule has 0 aromatic heterocycles. The van der Waals surface area contributed by atoms with Crippen molar-refractivity contribution in [1.82, 2.24) is 0 Å². The third-order valence-corrected chi connectivity index (χ3v) is 20.8. The van der Waals surface area contributed by atoms with Crippen LogP contribution in [0.2, 0.25) is 0 Å². The third kappa shape index (κ3) is 18.6. The average Bonchev–Trinajstić information content (AvgIpc) is 3.69. The van der Waals surface area contributed by atoms with Crippen molar-refractivity contribution in [1.29, 1.82) is 0 Å². The van der Waals surface area contributed by atoms with Crippen LogP contribution in [0.1, 0.15) is 286 Å². The summed E-state index contributed by atoms with van der Waals surface area (Å²) in [6.07, 6.45) is 50.1. The van der Waals surface area contributed by atoms with Crippen molar-refractivity contribution in [2.24, 2.45) is 58.2 Å².